The second kappa shape index (κ2) is 7.57. The molecule has 25 heavy (non-hydrogen) atoms. The third-order valence-corrected chi connectivity index (χ3v) is 3.51. The number of pyridine rings is 1. The third kappa shape index (κ3) is 4.00. The molecule has 2 N–H and O–H groups in total. The number of anilines is 1. The number of nitrogens with one attached hydrogen (secondary N) is 2. The van der Waals surface area contributed by atoms with Crippen molar-refractivity contribution in [2.24, 2.45) is 0 Å². The van der Waals surface area contributed by atoms with Gasteiger partial charge >= 0.3 is 0 Å². The van der Waals surface area contributed by atoms with E-state index in [4.69, 9.17) is 4.74 Å². The van der Waals surface area contributed by atoms with E-state index >= 15 is 0 Å². The molecule has 2 aromatic heterocycles. The number of ether oxygens (including phenoxy) is 1. The Labute approximate surface area is 145 Å². The lowest BCUT2D eigenvalue weighted by atomic mass is 10.2. The van der Waals surface area contributed by atoms with Crippen LogP contribution < -0.4 is 15.4 Å². The molecule has 0 aliphatic rings. The van der Waals surface area contributed by atoms with Gasteiger partial charge in [-0.15, -0.1) is 0 Å². The number of carbonyl (C=O) groups excluding carboxylic acids is 1. The van der Waals surface area contributed by atoms with Crippen LogP contribution in [0.1, 0.15) is 23.8 Å². The highest BCUT2D eigenvalue weighted by atomic mass is 16.5. The first-order chi connectivity index (χ1) is 12.2. The molecule has 2 heterocycles. The molecular formula is C18H19N5O2. The number of rotatable bonds is 6. The highest BCUT2D eigenvalue weighted by Crippen LogP contribution is 2.25. The number of benzene rings is 1. The SMILES string of the molecule is CCCNc1ncc2cc(Oc3ccnc(C(=O)NC)c3)ccc2n1. The van der Waals surface area contributed by atoms with Crippen LogP contribution in [-0.4, -0.2) is 34.5 Å². The van der Waals surface area contributed by atoms with E-state index < -0.39 is 0 Å². The zero-order valence-corrected chi connectivity index (χ0v) is 14.1. The Morgan fingerprint density at radius 1 is 1.16 bits per heavy atom. The van der Waals surface area contributed by atoms with Crippen LogP contribution in [0, 0.1) is 0 Å². The molecule has 1 aromatic carbocycles. The van der Waals surface area contributed by atoms with Crippen molar-refractivity contribution in [2.45, 2.75) is 13.3 Å². The minimum absolute atomic E-state index is 0.260. The van der Waals surface area contributed by atoms with E-state index in [9.17, 15) is 4.79 Å². The van der Waals surface area contributed by atoms with Crippen molar-refractivity contribution >= 4 is 22.8 Å². The highest BCUT2D eigenvalue weighted by Gasteiger charge is 2.07. The number of hydrogen-bond donors (Lipinski definition) is 2. The Balaban J connectivity index is 1.81. The van der Waals surface area contributed by atoms with Crippen molar-refractivity contribution in [1.29, 1.82) is 0 Å². The fraction of sp³-hybridized carbons (Fsp3) is 0.222. The van der Waals surface area contributed by atoms with Crippen LogP contribution >= 0.6 is 0 Å². The van der Waals surface area contributed by atoms with Gasteiger partial charge in [-0.2, -0.15) is 0 Å². The van der Waals surface area contributed by atoms with Crippen LogP contribution in [0.4, 0.5) is 5.95 Å². The van der Waals surface area contributed by atoms with Crippen LogP contribution in [0.2, 0.25) is 0 Å². The number of fused-ring (bicyclic) bond motifs is 1. The lowest BCUT2D eigenvalue weighted by Gasteiger charge is -2.08. The lowest BCUT2D eigenvalue weighted by molar-refractivity contribution is 0.0958. The second-order valence-corrected chi connectivity index (χ2v) is 5.40. The van der Waals surface area contributed by atoms with E-state index in [1.807, 2.05) is 18.2 Å². The number of amides is 1. The largest absolute Gasteiger partial charge is 0.457 e. The number of nitrogens with zero attached hydrogens (tertiary/aromatic N) is 3. The maximum absolute atomic E-state index is 11.6. The molecule has 0 aliphatic carbocycles. The van der Waals surface area contributed by atoms with Gasteiger partial charge in [0.05, 0.1) is 5.52 Å². The molecule has 0 radical (unpaired) electrons. The fourth-order valence-electron chi connectivity index (χ4n) is 2.26. The average molecular weight is 337 g/mol. The molecule has 7 heteroatoms. The van der Waals surface area contributed by atoms with Gasteiger partial charge in [0.1, 0.15) is 17.2 Å². The summed E-state index contributed by atoms with van der Waals surface area (Å²) in [4.78, 5) is 24.4. The second-order valence-electron chi connectivity index (χ2n) is 5.40. The zero-order valence-electron chi connectivity index (χ0n) is 14.1. The molecule has 0 unspecified atom stereocenters. The van der Waals surface area contributed by atoms with Gasteiger partial charge in [-0.25, -0.2) is 9.97 Å². The van der Waals surface area contributed by atoms with Gasteiger partial charge in [-0.3, -0.25) is 9.78 Å². The molecule has 0 bridgehead atoms. The molecular weight excluding hydrogens is 318 g/mol. The van der Waals surface area contributed by atoms with Crippen molar-refractivity contribution in [2.75, 3.05) is 18.9 Å². The smallest absolute Gasteiger partial charge is 0.269 e. The summed E-state index contributed by atoms with van der Waals surface area (Å²) in [5, 5.41) is 6.58. The van der Waals surface area contributed by atoms with Crippen LogP contribution in [0.5, 0.6) is 11.5 Å². The quantitative estimate of drug-likeness (QED) is 0.719. The standard InChI is InChI=1S/C18H19N5O2/c1-3-7-21-18-22-11-12-9-13(4-5-15(12)23-18)25-14-6-8-20-16(10-14)17(24)19-2/h4-6,8-11H,3,7H2,1-2H3,(H,19,24)(H,21,22,23). The predicted molar refractivity (Wildman–Crippen MR) is 96.0 cm³/mol. The fourth-order valence-corrected chi connectivity index (χ4v) is 2.26. The first kappa shape index (κ1) is 16.6. The van der Waals surface area contributed by atoms with Crippen LogP contribution in [0.15, 0.2) is 42.7 Å². The van der Waals surface area contributed by atoms with Crippen molar-refractivity contribution in [1.82, 2.24) is 20.3 Å². The number of hydrogen-bond acceptors (Lipinski definition) is 6. The van der Waals surface area contributed by atoms with Gasteiger partial charge in [-0.1, -0.05) is 6.92 Å². The molecule has 0 aliphatic heterocycles. The Bertz CT molecular complexity index is 898. The number of carbonyl (C=O) groups is 1. The molecule has 3 rings (SSSR count). The summed E-state index contributed by atoms with van der Waals surface area (Å²) < 4.78 is 5.83. The van der Waals surface area contributed by atoms with E-state index in [1.165, 1.54) is 6.20 Å². The first-order valence-corrected chi connectivity index (χ1v) is 8.06. The van der Waals surface area contributed by atoms with E-state index in [1.54, 1.807) is 25.4 Å². The Kier molecular flexibility index (Phi) is 5.03. The summed E-state index contributed by atoms with van der Waals surface area (Å²) in [6.07, 6.45) is 4.31. The predicted octanol–water partition coefficient (Wildman–Crippen LogP) is 3.00. The van der Waals surface area contributed by atoms with Crippen LogP contribution in [0.25, 0.3) is 10.9 Å². The van der Waals surface area contributed by atoms with Crippen molar-refractivity contribution < 1.29 is 9.53 Å². The molecule has 0 saturated heterocycles. The summed E-state index contributed by atoms with van der Waals surface area (Å²) in [6.45, 7) is 2.93. The first-order valence-electron chi connectivity index (χ1n) is 8.06. The minimum Gasteiger partial charge on any atom is -0.457 e. The average Bonchev–Trinajstić information content (AvgIpc) is 2.65. The van der Waals surface area contributed by atoms with Gasteiger partial charge in [0.25, 0.3) is 5.91 Å². The van der Waals surface area contributed by atoms with Crippen molar-refractivity contribution in [3.8, 4) is 11.5 Å². The van der Waals surface area contributed by atoms with Gasteiger partial charge < -0.3 is 15.4 Å². The van der Waals surface area contributed by atoms with E-state index in [-0.39, 0.29) is 5.91 Å². The maximum atomic E-state index is 11.6. The summed E-state index contributed by atoms with van der Waals surface area (Å²) in [7, 11) is 1.56. The molecule has 0 spiro atoms. The third-order valence-electron chi connectivity index (χ3n) is 3.51. The Morgan fingerprint density at radius 3 is 2.80 bits per heavy atom. The molecule has 1 amide bonds. The number of aromatic nitrogens is 3. The minimum atomic E-state index is -0.260. The van der Waals surface area contributed by atoms with E-state index in [0.717, 1.165) is 23.9 Å². The lowest BCUT2D eigenvalue weighted by Crippen LogP contribution is -2.18. The summed E-state index contributed by atoms with van der Waals surface area (Å²) in [5.74, 6) is 1.53. The molecule has 128 valence electrons. The van der Waals surface area contributed by atoms with Crippen LogP contribution in [-0.2, 0) is 0 Å². The molecule has 3 aromatic rings. The summed E-state index contributed by atoms with van der Waals surface area (Å²) in [6, 6.07) is 8.87. The molecule has 0 fully saturated rings. The topological polar surface area (TPSA) is 89.0 Å². The molecule has 7 nitrogen and oxygen atoms in total. The monoisotopic (exact) mass is 337 g/mol. The summed E-state index contributed by atoms with van der Waals surface area (Å²) >= 11 is 0. The zero-order chi connectivity index (χ0) is 17.6. The molecule has 0 saturated carbocycles. The Morgan fingerprint density at radius 2 is 2.00 bits per heavy atom. The normalized spacial score (nSPS) is 10.5. The van der Waals surface area contributed by atoms with Gasteiger partial charge in [0, 0.05) is 37.4 Å². The van der Waals surface area contributed by atoms with Gasteiger partial charge in [-0.05, 0) is 30.7 Å². The maximum Gasteiger partial charge on any atom is 0.269 e. The molecule has 0 atom stereocenters. The van der Waals surface area contributed by atoms with E-state index in [0.29, 0.717) is 23.1 Å². The van der Waals surface area contributed by atoms with E-state index in [2.05, 4.69) is 32.5 Å². The Hall–Kier alpha value is -3.22. The summed E-state index contributed by atoms with van der Waals surface area (Å²) in [5.41, 5.74) is 1.14. The highest BCUT2D eigenvalue weighted by molar-refractivity contribution is 5.92. The van der Waals surface area contributed by atoms with Crippen molar-refractivity contribution in [3.05, 3.63) is 48.4 Å². The van der Waals surface area contributed by atoms with Crippen molar-refractivity contribution in [3.63, 3.8) is 0 Å². The van der Waals surface area contributed by atoms with Crippen LogP contribution in [0.3, 0.4) is 0 Å². The van der Waals surface area contributed by atoms with Gasteiger partial charge in [0.15, 0.2) is 0 Å². The van der Waals surface area contributed by atoms with Gasteiger partial charge in [0.2, 0.25) is 5.95 Å².